The van der Waals surface area contributed by atoms with E-state index < -0.39 is 5.91 Å². The Morgan fingerprint density at radius 2 is 1.72 bits per heavy atom. The van der Waals surface area contributed by atoms with Crippen LogP contribution in [0.25, 0.3) is 16.6 Å². The molecule has 0 unspecified atom stereocenters. The van der Waals surface area contributed by atoms with Crippen molar-refractivity contribution >= 4 is 11.4 Å². The number of hydrogen-bond donors (Lipinski definition) is 1. The third-order valence-corrected chi connectivity index (χ3v) is 3.03. The summed E-state index contributed by atoms with van der Waals surface area (Å²) in [4.78, 5) is 11.2. The molecule has 18 heavy (non-hydrogen) atoms. The highest BCUT2D eigenvalue weighted by Gasteiger charge is 2.07. The molecule has 0 saturated carbocycles. The van der Waals surface area contributed by atoms with Crippen LogP contribution in [0, 0.1) is 0 Å². The van der Waals surface area contributed by atoms with Crippen molar-refractivity contribution in [1.82, 2.24) is 4.40 Å². The van der Waals surface area contributed by atoms with Crippen molar-refractivity contribution < 1.29 is 4.79 Å². The monoisotopic (exact) mass is 236 g/mol. The summed E-state index contributed by atoms with van der Waals surface area (Å²) in [6, 6.07) is 15.7. The number of primary amides is 1. The lowest BCUT2D eigenvalue weighted by Gasteiger charge is -2.02. The molecule has 3 nitrogen and oxygen atoms in total. The van der Waals surface area contributed by atoms with Crippen LogP contribution in [0.3, 0.4) is 0 Å². The van der Waals surface area contributed by atoms with Crippen molar-refractivity contribution in [2.24, 2.45) is 5.73 Å². The zero-order valence-electron chi connectivity index (χ0n) is 9.71. The quantitative estimate of drug-likeness (QED) is 0.730. The van der Waals surface area contributed by atoms with Crippen molar-refractivity contribution in [3.05, 3.63) is 66.5 Å². The van der Waals surface area contributed by atoms with E-state index in [0.717, 1.165) is 16.6 Å². The molecule has 1 aromatic carbocycles. The van der Waals surface area contributed by atoms with E-state index in [1.165, 1.54) is 0 Å². The number of carbonyl (C=O) groups is 1. The smallest absolute Gasteiger partial charge is 0.248 e. The predicted molar refractivity (Wildman–Crippen MR) is 71.4 cm³/mol. The van der Waals surface area contributed by atoms with Crippen molar-refractivity contribution in [1.29, 1.82) is 0 Å². The number of nitrogens with two attached hydrogens (primary N) is 1. The molecule has 0 aliphatic heterocycles. The molecule has 0 aliphatic carbocycles. The van der Waals surface area contributed by atoms with E-state index in [-0.39, 0.29) is 0 Å². The van der Waals surface area contributed by atoms with Crippen molar-refractivity contribution in [3.8, 4) is 11.1 Å². The molecule has 0 fully saturated rings. The van der Waals surface area contributed by atoms with Crippen LogP contribution in [-0.4, -0.2) is 10.3 Å². The maximum Gasteiger partial charge on any atom is 0.248 e. The highest BCUT2D eigenvalue weighted by Crippen LogP contribution is 2.25. The second-order valence-electron chi connectivity index (χ2n) is 4.17. The molecule has 0 saturated heterocycles. The Kier molecular flexibility index (Phi) is 2.38. The lowest BCUT2D eigenvalue weighted by atomic mass is 10.1. The molecule has 3 rings (SSSR count). The fraction of sp³-hybridized carbons (Fsp3) is 0. The van der Waals surface area contributed by atoms with E-state index in [0.29, 0.717) is 5.56 Å². The largest absolute Gasteiger partial charge is 0.366 e. The van der Waals surface area contributed by atoms with Gasteiger partial charge < -0.3 is 10.1 Å². The van der Waals surface area contributed by atoms with Crippen LogP contribution in [0.4, 0.5) is 0 Å². The number of pyridine rings is 1. The van der Waals surface area contributed by atoms with Gasteiger partial charge in [0.2, 0.25) is 5.91 Å². The van der Waals surface area contributed by atoms with Crippen LogP contribution in [0.5, 0.6) is 0 Å². The second kappa shape index (κ2) is 4.04. The number of fused-ring (bicyclic) bond motifs is 1. The van der Waals surface area contributed by atoms with Crippen LogP contribution in [0.15, 0.2) is 60.9 Å². The molecule has 0 atom stereocenters. The standard InChI is InChI=1S/C15H12N2O/c16-15(18)12-6-8-17-9-7-13(14(17)10-12)11-4-2-1-3-5-11/h1-10H,(H2,16,18). The minimum absolute atomic E-state index is 0.405. The first-order valence-electron chi connectivity index (χ1n) is 5.71. The Morgan fingerprint density at radius 1 is 1.00 bits per heavy atom. The summed E-state index contributed by atoms with van der Waals surface area (Å²) in [5.41, 5.74) is 9.05. The number of rotatable bonds is 2. The maximum atomic E-state index is 11.2. The van der Waals surface area contributed by atoms with Gasteiger partial charge in [-0.15, -0.1) is 0 Å². The minimum Gasteiger partial charge on any atom is -0.366 e. The summed E-state index contributed by atoms with van der Waals surface area (Å²) >= 11 is 0. The molecule has 1 amide bonds. The van der Waals surface area contributed by atoms with Gasteiger partial charge in [-0.2, -0.15) is 0 Å². The molecule has 0 radical (unpaired) electrons. The average molecular weight is 236 g/mol. The summed E-state index contributed by atoms with van der Waals surface area (Å²) in [6.45, 7) is 0. The fourth-order valence-electron chi connectivity index (χ4n) is 2.11. The van der Waals surface area contributed by atoms with Crippen LogP contribution >= 0.6 is 0 Å². The summed E-state index contributed by atoms with van der Waals surface area (Å²) in [7, 11) is 0. The van der Waals surface area contributed by atoms with Crippen molar-refractivity contribution in [3.63, 3.8) is 0 Å². The maximum absolute atomic E-state index is 11.2. The van der Waals surface area contributed by atoms with E-state index in [1.54, 1.807) is 6.07 Å². The van der Waals surface area contributed by atoms with Gasteiger partial charge in [0.05, 0.1) is 5.52 Å². The van der Waals surface area contributed by atoms with Gasteiger partial charge in [0.15, 0.2) is 0 Å². The van der Waals surface area contributed by atoms with Gasteiger partial charge in [0, 0.05) is 23.5 Å². The summed E-state index contributed by atoms with van der Waals surface area (Å²) in [5, 5.41) is 0. The second-order valence-corrected chi connectivity index (χ2v) is 4.17. The Labute approximate surface area is 104 Å². The third-order valence-electron chi connectivity index (χ3n) is 3.03. The van der Waals surface area contributed by atoms with Crippen LogP contribution in [0.2, 0.25) is 0 Å². The first kappa shape index (κ1) is 10.6. The third kappa shape index (κ3) is 1.66. The zero-order chi connectivity index (χ0) is 12.5. The molecular weight excluding hydrogens is 224 g/mol. The van der Waals surface area contributed by atoms with Crippen LogP contribution in [0.1, 0.15) is 10.4 Å². The topological polar surface area (TPSA) is 47.5 Å². The molecular formula is C15H12N2O. The van der Waals surface area contributed by atoms with E-state index in [9.17, 15) is 4.79 Å². The van der Waals surface area contributed by atoms with Crippen LogP contribution < -0.4 is 5.73 Å². The molecule has 3 aromatic rings. The minimum atomic E-state index is -0.405. The van der Waals surface area contributed by atoms with E-state index in [4.69, 9.17) is 5.73 Å². The number of carbonyl (C=O) groups excluding carboxylic acids is 1. The van der Waals surface area contributed by atoms with Gasteiger partial charge in [-0.3, -0.25) is 4.79 Å². The van der Waals surface area contributed by atoms with Gasteiger partial charge in [-0.05, 0) is 23.8 Å². The molecule has 2 heterocycles. The molecule has 0 spiro atoms. The van der Waals surface area contributed by atoms with Gasteiger partial charge in [0.1, 0.15) is 0 Å². The first-order chi connectivity index (χ1) is 8.75. The molecule has 88 valence electrons. The fourth-order valence-corrected chi connectivity index (χ4v) is 2.11. The highest BCUT2D eigenvalue weighted by atomic mass is 16.1. The lowest BCUT2D eigenvalue weighted by Crippen LogP contribution is -2.10. The number of benzene rings is 1. The SMILES string of the molecule is NC(=O)c1ccn2ccc(-c3ccccc3)c2c1. The predicted octanol–water partition coefficient (Wildman–Crippen LogP) is 2.71. The Balaban J connectivity index is 2.24. The molecule has 2 N–H and O–H groups in total. The van der Waals surface area contributed by atoms with E-state index in [1.807, 2.05) is 59.3 Å². The van der Waals surface area contributed by atoms with Crippen LogP contribution in [-0.2, 0) is 0 Å². The van der Waals surface area contributed by atoms with Crippen molar-refractivity contribution in [2.75, 3.05) is 0 Å². The normalized spacial score (nSPS) is 10.7. The molecule has 2 aromatic heterocycles. The number of aromatic nitrogens is 1. The first-order valence-corrected chi connectivity index (χ1v) is 5.71. The summed E-state index contributed by atoms with van der Waals surface area (Å²) < 4.78 is 1.98. The highest BCUT2D eigenvalue weighted by molar-refractivity contribution is 5.95. The molecule has 3 heteroatoms. The number of amides is 1. The number of hydrogen-bond acceptors (Lipinski definition) is 1. The Morgan fingerprint density at radius 3 is 2.44 bits per heavy atom. The van der Waals surface area contributed by atoms with Gasteiger partial charge in [-0.1, -0.05) is 30.3 Å². The summed E-state index contributed by atoms with van der Waals surface area (Å²) in [5.74, 6) is -0.405. The summed E-state index contributed by atoms with van der Waals surface area (Å²) in [6.07, 6.45) is 3.82. The van der Waals surface area contributed by atoms with E-state index >= 15 is 0 Å². The Bertz CT molecular complexity index is 714. The average Bonchev–Trinajstić information content (AvgIpc) is 2.82. The zero-order valence-corrected chi connectivity index (χ0v) is 9.71. The van der Waals surface area contributed by atoms with Gasteiger partial charge >= 0.3 is 0 Å². The lowest BCUT2D eigenvalue weighted by molar-refractivity contribution is 0.100. The Hall–Kier alpha value is -2.55. The van der Waals surface area contributed by atoms with E-state index in [2.05, 4.69) is 0 Å². The number of nitrogens with zero attached hydrogens (tertiary/aromatic N) is 1. The molecule has 0 aliphatic rings. The molecule has 0 bridgehead atoms. The van der Waals surface area contributed by atoms with Crippen molar-refractivity contribution in [2.45, 2.75) is 0 Å². The van der Waals surface area contributed by atoms with Gasteiger partial charge in [-0.25, -0.2) is 0 Å². The van der Waals surface area contributed by atoms with Gasteiger partial charge in [0.25, 0.3) is 0 Å².